The second-order valence-electron chi connectivity index (χ2n) is 6.82. The average molecular weight is 406 g/mol. The number of nitrogens with zero attached hydrogens (tertiary/aromatic N) is 4. The van der Waals surface area contributed by atoms with Crippen molar-refractivity contribution in [3.63, 3.8) is 0 Å². The van der Waals surface area contributed by atoms with Gasteiger partial charge in [0.15, 0.2) is 0 Å². The molecule has 0 amide bonds. The van der Waals surface area contributed by atoms with E-state index in [1.165, 1.54) is 22.6 Å². The van der Waals surface area contributed by atoms with Crippen LogP contribution in [-0.2, 0) is 14.8 Å². The summed E-state index contributed by atoms with van der Waals surface area (Å²) in [5.74, 6) is 0.487. The third-order valence-electron chi connectivity index (χ3n) is 5.12. The largest absolute Gasteiger partial charge is 0.378 e. The van der Waals surface area contributed by atoms with E-state index in [1.807, 2.05) is 0 Å². The molecule has 0 saturated carbocycles. The molecule has 150 valence electrons. The van der Waals surface area contributed by atoms with Crippen LogP contribution < -0.4 is 9.80 Å². The van der Waals surface area contributed by atoms with Crippen LogP contribution in [0.15, 0.2) is 47.5 Å². The predicted molar refractivity (Wildman–Crippen MR) is 105 cm³/mol. The summed E-state index contributed by atoms with van der Waals surface area (Å²) < 4.78 is 45.8. The van der Waals surface area contributed by atoms with Gasteiger partial charge in [0.25, 0.3) is 0 Å². The summed E-state index contributed by atoms with van der Waals surface area (Å²) in [5.41, 5.74) is 0.898. The minimum Gasteiger partial charge on any atom is -0.378 e. The van der Waals surface area contributed by atoms with Crippen LogP contribution in [-0.4, -0.2) is 70.2 Å². The first-order valence-corrected chi connectivity index (χ1v) is 10.8. The number of rotatable bonds is 4. The number of anilines is 2. The molecule has 0 aliphatic carbocycles. The van der Waals surface area contributed by atoms with E-state index >= 15 is 0 Å². The molecule has 0 radical (unpaired) electrons. The van der Waals surface area contributed by atoms with Gasteiger partial charge in [-0.3, -0.25) is 0 Å². The van der Waals surface area contributed by atoms with E-state index in [1.54, 1.807) is 24.3 Å². The molecule has 2 aliphatic rings. The van der Waals surface area contributed by atoms with Crippen molar-refractivity contribution in [2.45, 2.75) is 4.90 Å². The van der Waals surface area contributed by atoms with Crippen molar-refractivity contribution in [3.05, 3.63) is 48.4 Å². The Morgan fingerprint density at radius 1 is 0.857 bits per heavy atom. The average Bonchev–Trinajstić information content (AvgIpc) is 2.75. The molecule has 28 heavy (non-hydrogen) atoms. The second kappa shape index (κ2) is 8.02. The molecule has 3 heterocycles. The topological polar surface area (TPSA) is 66.0 Å². The number of ether oxygens (including phenoxy) is 1. The van der Waals surface area contributed by atoms with Gasteiger partial charge in [-0.2, -0.15) is 4.31 Å². The quantitative estimate of drug-likeness (QED) is 0.768. The highest BCUT2D eigenvalue weighted by atomic mass is 32.2. The van der Waals surface area contributed by atoms with Gasteiger partial charge in [0, 0.05) is 51.2 Å². The Labute approximate surface area is 164 Å². The van der Waals surface area contributed by atoms with Gasteiger partial charge >= 0.3 is 0 Å². The van der Waals surface area contributed by atoms with Crippen LogP contribution in [0, 0.1) is 5.82 Å². The number of piperazine rings is 1. The zero-order chi connectivity index (χ0) is 19.6. The summed E-state index contributed by atoms with van der Waals surface area (Å²) in [6, 6.07) is 9.65. The lowest BCUT2D eigenvalue weighted by molar-refractivity contribution is 0.122. The number of sulfonamides is 1. The molecule has 0 atom stereocenters. The lowest BCUT2D eigenvalue weighted by Crippen LogP contribution is -2.48. The molecule has 0 N–H and O–H groups in total. The number of morpholine rings is 1. The molecule has 0 spiro atoms. The van der Waals surface area contributed by atoms with Gasteiger partial charge in [-0.15, -0.1) is 0 Å². The molecule has 4 rings (SSSR count). The minimum atomic E-state index is -3.58. The maximum absolute atomic E-state index is 13.1. The molecule has 2 saturated heterocycles. The normalized spacial score (nSPS) is 19.0. The van der Waals surface area contributed by atoms with Crippen LogP contribution in [0.4, 0.5) is 15.9 Å². The molecular weight excluding hydrogens is 383 g/mol. The third-order valence-corrected chi connectivity index (χ3v) is 7.01. The number of benzene rings is 1. The second-order valence-corrected chi connectivity index (χ2v) is 8.76. The van der Waals surface area contributed by atoms with Gasteiger partial charge in [-0.25, -0.2) is 17.8 Å². The molecule has 0 bridgehead atoms. The fourth-order valence-electron chi connectivity index (χ4n) is 3.49. The predicted octanol–water partition coefficient (Wildman–Crippen LogP) is 1.57. The first-order valence-electron chi connectivity index (χ1n) is 9.33. The monoisotopic (exact) mass is 406 g/mol. The molecule has 2 aromatic rings. The van der Waals surface area contributed by atoms with E-state index in [0.29, 0.717) is 39.4 Å². The van der Waals surface area contributed by atoms with Crippen LogP contribution in [0.25, 0.3) is 0 Å². The van der Waals surface area contributed by atoms with Gasteiger partial charge in [0.05, 0.1) is 13.2 Å². The van der Waals surface area contributed by atoms with E-state index in [9.17, 15) is 12.8 Å². The number of hydrogen-bond donors (Lipinski definition) is 0. The summed E-state index contributed by atoms with van der Waals surface area (Å²) in [6.07, 6.45) is 1.44. The summed E-state index contributed by atoms with van der Waals surface area (Å²) in [5, 5.41) is 0. The smallest absolute Gasteiger partial charge is 0.244 e. The van der Waals surface area contributed by atoms with E-state index in [4.69, 9.17) is 4.74 Å². The Kier molecular flexibility index (Phi) is 5.47. The maximum atomic E-state index is 13.1. The first-order chi connectivity index (χ1) is 13.5. The maximum Gasteiger partial charge on any atom is 0.244 e. The van der Waals surface area contributed by atoms with Gasteiger partial charge in [-0.1, -0.05) is 0 Å². The van der Waals surface area contributed by atoms with Crippen molar-refractivity contribution in [2.24, 2.45) is 0 Å². The van der Waals surface area contributed by atoms with E-state index in [2.05, 4.69) is 14.8 Å². The van der Waals surface area contributed by atoms with Crippen LogP contribution in [0.2, 0.25) is 0 Å². The molecular formula is C19H23FN4O3S. The zero-order valence-corrected chi connectivity index (χ0v) is 16.3. The summed E-state index contributed by atoms with van der Waals surface area (Å²) in [7, 11) is -3.58. The van der Waals surface area contributed by atoms with Gasteiger partial charge < -0.3 is 14.5 Å². The van der Waals surface area contributed by atoms with Crippen molar-refractivity contribution in [2.75, 3.05) is 62.3 Å². The summed E-state index contributed by atoms with van der Waals surface area (Å²) in [6.45, 7) is 4.69. The number of halogens is 1. The minimum absolute atomic E-state index is 0.208. The number of aromatic nitrogens is 1. The highest BCUT2D eigenvalue weighted by Gasteiger charge is 2.29. The molecule has 7 nitrogen and oxygen atoms in total. The Balaban J connectivity index is 1.41. The van der Waals surface area contributed by atoms with Crippen LogP contribution in [0.5, 0.6) is 0 Å². The van der Waals surface area contributed by atoms with E-state index < -0.39 is 10.0 Å². The van der Waals surface area contributed by atoms with Crippen molar-refractivity contribution in [1.82, 2.24) is 9.29 Å². The van der Waals surface area contributed by atoms with Crippen LogP contribution in [0.1, 0.15) is 0 Å². The zero-order valence-electron chi connectivity index (χ0n) is 15.5. The van der Waals surface area contributed by atoms with Crippen LogP contribution >= 0.6 is 0 Å². The fraction of sp³-hybridized carbons (Fsp3) is 0.421. The molecule has 0 unspecified atom stereocenters. The molecule has 9 heteroatoms. The molecule has 1 aromatic carbocycles. The molecule has 1 aromatic heterocycles. The lowest BCUT2D eigenvalue weighted by atomic mass is 10.2. The number of pyridine rings is 1. The molecule has 2 aliphatic heterocycles. The SMILES string of the molecule is O=S(=O)(c1ccc(N2CCOCC2)nc1)N1CCN(c2ccc(F)cc2)CC1. The van der Waals surface area contributed by atoms with Crippen molar-refractivity contribution >= 4 is 21.5 Å². The Morgan fingerprint density at radius 2 is 1.54 bits per heavy atom. The van der Waals surface area contributed by atoms with Gasteiger partial charge in [0.2, 0.25) is 10.0 Å². The Bertz CT molecular complexity index is 892. The third kappa shape index (κ3) is 3.96. The van der Waals surface area contributed by atoms with Crippen molar-refractivity contribution in [1.29, 1.82) is 0 Å². The first kappa shape index (κ1) is 19.1. The standard InChI is InChI=1S/C19H23FN4O3S/c20-16-1-3-17(4-2-16)22-7-9-24(10-8-22)28(25,26)18-5-6-19(21-15-18)23-11-13-27-14-12-23/h1-6,15H,7-14H2. The van der Waals surface area contributed by atoms with Crippen molar-refractivity contribution < 1.29 is 17.5 Å². The lowest BCUT2D eigenvalue weighted by Gasteiger charge is -2.35. The highest BCUT2D eigenvalue weighted by Crippen LogP contribution is 2.22. The van der Waals surface area contributed by atoms with Gasteiger partial charge in [0.1, 0.15) is 16.5 Å². The Hall–Kier alpha value is -2.23. The number of hydrogen-bond acceptors (Lipinski definition) is 6. The van der Waals surface area contributed by atoms with Crippen molar-refractivity contribution in [3.8, 4) is 0 Å². The van der Waals surface area contributed by atoms with E-state index in [-0.39, 0.29) is 10.7 Å². The summed E-state index contributed by atoms with van der Waals surface area (Å²) in [4.78, 5) is 8.71. The van der Waals surface area contributed by atoms with Gasteiger partial charge in [-0.05, 0) is 36.4 Å². The highest BCUT2D eigenvalue weighted by molar-refractivity contribution is 7.89. The fourth-order valence-corrected chi connectivity index (χ4v) is 4.86. The Morgan fingerprint density at radius 3 is 2.14 bits per heavy atom. The van der Waals surface area contributed by atoms with E-state index in [0.717, 1.165) is 24.6 Å². The summed E-state index contributed by atoms with van der Waals surface area (Å²) >= 11 is 0. The molecule has 2 fully saturated rings. The van der Waals surface area contributed by atoms with Crippen LogP contribution in [0.3, 0.4) is 0 Å².